The first-order chi connectivity index (χ1) is 5.27. The van der Waals surface area contributed by atoms with Crippen molar-refractivity contribution < 1.29 is 4.39 Å². The predicted molar refractivity (Wildman–Crippen MR) is 47.2 cm³/mol. The maximum atomic E-state index is 12.3. The van der Waals surface area contributed by atoms with E-state index in [1.165, 1.54) is 5.56 Å². The van der Waals surface area contributed by atoms with Gasteiger partial charge in [-0.3, -0.25) is 0 Å². The second-order valence-corrected chi connectivity index (χ2v) is 2.62. The van der Waals surface area contributed by atoms with Crippen molar-refractivity contribution in [1.82, 2.24) is 0 Å². The lowest BCUT2D eigenvalue weighted by Crippen LogP contribution is -2.16. The van der Waals surface area contributed by atoms with Crippen molar-refractivity contribution in [2.75, 3.05) is 0 Å². The van der Waals surface area contributed by atoms with Gasteiger partial charge in [0, 0.05) is 0 Å². The fraction of sp³-hybridized carbons (Fsp3) is 0.333. The summed E-state index contributed by atoms with van der Waals surface area (Å²) in [6, 6.07) is 5.77. The van der Waals surface area contributed by atoms with Crippen molar-refractivity contribution in [1.29, 1.82) is 0 Å². The zero-order valence-corrected chi connectivity index (χ0v) is 6.89. The molecule has 0 nitrogen and oxygen atoms in total. The van der Waals surface area contributed by atoms with Crippen molar-refractivity contribution in [2.24, 2.45) is 0 Å². The van der Waals surface area contributed by atoms with Crippen LogP contribution in [0.4, 0.5) is 4.39 Å². The van der Waals surface area contributed by atoms with E-state index in [2.05, 4.69) is 0 Å². The molecule has 0 amide bonds. The van der Waals surface area contributed by atoms with Gasteiger partial charge in [-0.15, -0.1) is 0 Å². The van der Waals surface area contributed by atoms with E-state index in [-0.39, 0.29) is 6.67 Å². The van der Waals surface area contributed by atoms with Crippen molar-refractivity contribution in [3.8, 4) is 0 Å². The quantitative estimate of drug-likeness (QED) is 0.562. The van der Waals surface area contributed by atoms with E-state index in [0.717, 1.165) is 11.0 Å². The van der Waals surface area contributed by atoms with Gasteiger partial charge in [0.25, 0.3) is 0 Å². The van der Waals surface area contributed by atoms with E-state index < -0.39 is 0 Å². The smallest absolute Gasteiger partial charge is 0.148 e. The van der Waals surface area contributed by atoms with Crippen molar-refractivity contribution >= 4 is 12.7 Å². The Bertz CT molecular complexity index is 245. The number of halogens is 1. The third-order valence-electron chi connectivity index (χ3n) is 1.76. The highest BCUT2D eigenvalue weighted by atomic mass is 19.1. The van der Waals surface area contributed by atoms with Crippen LogP contribution in [0.5, 0.6) is 0 Å². The zero-order valence-electron chi connectivity index (χ0n) is 6.89. The van der Waals surface area contributed by atoms with Gasteiger partial charge in [0.15, 0.2) is 0 Å². The van der Waals surface area contributed by atoms with Crippen molar-refractivity contribution in [3.63, 3.8) is 0 Å². The topological polar surface area (TPSA) is 0 Å². The van der Waals surface area contributed by atoms with Crippen LogP contribution in [-0.2, 0) is 6.67 Å². The molecule has 0 aliphatic heterocycles. The molecular formula is C9H11BF. The Balaban J connectivity index is 3.06. The number of aryl methyl sites for hydroxylation is 1. The molecular weight excluding hydrogens is 138 g/mol. The first-order valence-corrected chi connectivity index (χ1v) is 3.72. The van der Waals surface area contributed by atoms with E-state index in [9.17, 15) is 4.39 Å². The number of rotatable bonds is 2. The molecule has 0 atom stereocenters. The molecule has 0 saturated heterocycles. The van der Waals surface area contributed by atoms with Gasteiger partial charge in [0.05, 0.1) is 0 Å². The largest absolute Gasteiger partial charge is 0.246 e. The number of hydrogen-bond donors (Lipinski definition) is 0. The Morgan fingerprint density at radius 3 is 2.73 bits per heavy atom. The van der Waals surface area contributed by atoms with Crippen LogP contribution in [0.3, 0.4) is 0 Å². The lowest BCUT2D eigenvalue weighted by Gasteiger charge is -2.03. The molecule has 0 saturated carbocycles. The monoisotopic (exact) mass is 149 g/mol. The fourth-order valence-corrected chi connectivity index (χ4v) is 1.10. The Labute approximate surface area is 67.7 Å². The average molecular weight is 149 g/mol. The zero-order chi connectivity index (χ0) is 8.27. The maximum absolute atomic E-state index is 12.3. The highest BCUT2D eigenvalue weighted by Crippen LogP contribution is 2.01. The van der Waals surface area contributed by atoms with Crippen LogP contribution in [0.25, 0.3) is 0 Å². The summed E-state index contributed by atoms with van der Waals surface area (Å²) in [6.45, 7) is 3.56. The summed E-state index contributed by atoms with van der Waals surface area (Å²) in [5.41, 5.74) is 2.96. The van der Waals surface area contributed by atoms with Crippen LogP contribution < -0.4 is 5.46 Å². The molecule has 2 heteroatoms. The van der Waals surface area contributed by atoms with Gasteiger partial charge in [-0.25, -0.2) is 4.39 Å². The lowest BCUT2D eigenvalue weighted by molar-refractivity contribution is 0.487. The molecule has 57 valence electrons. The average Bonchev–Trinajstić information content (AvgIpc) is 2.04. The summed E-state index contributed by atoms with van der Waals surface area (Å²) < 4.78 is 12.3. The fourth-order valence-electron chi connectivity index (χ4n) is 1.10. The SMILES string of the molecule is C[B]c1cc(C)ccc1CF. The van der Waals surface area contributed by atoms with Crippen LogP contribution in [0, 0.1) is 6.92 Å². The third kappa shape index (κ3) is 1.82. The summed E-state index contributed by atoms with van der Waals surface area (Å²) in [4.78, 5) is 0. The van der Waals surface area contributed by atoms with Gasteiger partial charge in [0.1, 0.15) is 14.0 Å². The van der Waals surface area contributed by atoms with Crippen molar-refractivity contribution in [2.45, 2.75) is 20.4 Å². The second-order valence-electron chi connectivity index (χ2n) is 2.62. The molecule has 1 aromatic carbocycles. The molecule has 0 fully saturated rings. The summed E-state index contributed by atoms with van der Waals surface area (Å²) in [5.74, 6) is 0. The highest BCUT2D eigenvalue weighted by molar-refractivity contribution is 6.52. The second kappa shape index (κ2) is 3.56. The molecule has 0 aliphatic carbocycles. The van der Waals surface area contributed by atoms with Crippen LogP contribution in [0.1, 0.15) is 11.1 Å². The molecule has 11 heavy (non-hydrogen) atoms. The predicted octanol–water partition coefficient (Wildman–Crippen LogP) is 1.84. The molecule has 0 aliphatic rings. The first-order valence-electron chi connectivity index (χ1n) is 3.72. The van der Waals surface area contributed by atoms with Crippen molar-refractivity contribution in [3.05, 3.63) is 29.3 Å². The Morgan fingerprint density at radius 2 is 2.18 bits per heavy atom. The number of alkyl halides is 1. The molecule has 0 bridgehead atoms. The minimum atomic E-state index is -0.375. The van der Waals surface area contributed by atoms with E-state index in [0.29, 0.717) is 0 Å². The van der Waals surface area contributed by atoms with E-state index in [1.54, 1.807) is 0 Å². The Morgan fingerprint density at radius 1 is 1.45 bits per heavy atom. The van der Waals surface area contributed by atoms with Crippen LogP contribution in [0.15, 0.2) is 18.2 Å². The lowest BCUT2D eigenvalue weighted by atomic mass is 9.70. The highest BCUT2D eigenvalue weighted by Gasteiger charge is 1.99. The van der Waals surface area contributed by atoms with E-state index in [1.807, 2.05) is 39.2 Å². The van der Waals surface area contributed by atoms with Gasteiger partial charge in [-0.05, 0) is 12.5 Å². The molecule has 1 aromatic rings. The van der Waals surface area contributed by atoms with Gasteiger partial charge < -0.3 is 0 Å². The normalized spacial score (nSPS) is 9.73. The number of benzene rings is 1. The molecule has 1 radical (unpaired) electrons. The molecule has 0 N–H and O–H groups in total. The first kappa shape index (κ1) is 8.31. The standard InChI is InChI=1S/C9H11BF/c1-7-3-4-8(6-11)9(5-7)10-2/h3-5H,6H2,1-2H3. The maximum Gasteiger partial charge on any atom is 0.148 e. The summed E-state index contributed by atoms with van der Waals surface area (Å²) >= 11 is 0. The van der Waals surface area contributed by atoms with Crippen LogP contribution in [-0.4, -0.2) is 7.28 Å². The van der Waals surface area contributed by atoms with Gasteiger partial charge >= 0.3 is 0 Å². The Kier molecular flexibility index (Phi) is 2.69. The van der Waals surface area contributed by atoms with Crippen LogP contribution in [0.2, 0.25) is 6.82 Å². The van der Waals surface area contributed by atoms with Gasteiger partial charge in [-0.2, -0.15) is 0 Å². The molecule has 1 rings (SSSR count). The van der Waals surface area contributed by atoms with Gasteiger partial charge in [-0.1, -0.05) is 36.0 Å². The van der Waals surface area contributed by atoms with Gasteiger partial charge in [0.2, 0.25) is 0 Å². The minimum Gasteiger partial charge on any atom is -0.246 e. The summed E-state index contributed by atoms with van der Waals surface area (Å²) in [5, 5.41) is 0. The molecule has 0 aromatic heterocycles. The third-order valence-corrected chi connectivity index (χ3v) is 1.76. The minimum absolute atomic E-state index is 0.375. The van der Waals surface area contributed by atoms with Crippen LogP contribution >= 0.6 is 0 Å². The summed E-state index contributed by atoms with van der Waals surface area (Å²) in [6.07, 6.45) is 0. The van der Waals surface area contributed by atoms with E-state index >= 15 is 0 Å². The summed E-state index contributed by atoms with van der Waals surface area (Å²) in [7, 11) is 1.93. The number of hydrogen-bond acceptors (Lipinski definition) is 0. The molecule has 0 unspecified atom stereocenters. The Hall–Kier alpha value is -0.785. The van der Waals surface area contributed by atoms with E-state index in [4.69, 9.17) is 0 Å². The molecule has 0 heterocycles. The molecule has 0 spiro atoms.